The maximum atomic E-state index is 13.8. The molecule has 106 valence electrons. The Morgan fingerprint density at radius 2 is 1.95 bits per heavy atom. The molecule has 0 spiro atoms. The standard InChI is InChI=1S/C15H15BrF2N2/c1-9-4-10(16)6-12(5-9)20-15(8-19)13-3-2-11(17)7-14(13)18/h2-7,15,20H,8,19H2,1H3. The van der Waals surface area contributed by atoms with Crippen molar-refractivity contribution in [3.05, 3.63) is 63.6 Å². The van der Waals surface area contributed by atoms with Crippen LogP contribution in [0.5, 0.6) is 0 Å². The molecule has 2 aromatic rings. The lowest BCUT2D eigenvalue weighted by Gasteiger charge is -2.20. The molecule has 0 aliphatic rings. The van der Waals surface area contributed by atoms with Gasteiger partial charge in [-0.05, 0) is 36.8 Å². The van der Waals surface area contributed by atoms with Crippen LogP contribution in [0.1, 0.15) is 17.2 Å². The van der Waals surface area contributed by atoms with E-state index in [0.717, 1.165) is 21.8 Å². The maximum absolute atomic E-state index is 13.8. The van der Waals surface area contributed by atoms with Gasteiger partial charge in [0.1, 0.15) is 11.6 Å². The van der Waals surface area contributed by atoms with Gasteiger partial charge in [-0.25, -0.2) is 8.78 Å². The Morgan fingerprint density at radius 1 is 1.20 bits per heavy atom. The number of anilines is 1. The van der Waals surface area contributed by atoms with Crippen LogP contribution in [0.25, 0.3) is 0 Å². The van der Waals surface area contributed by atoms with Gasteiger partial charge in [0.05, 0.1) is 6.04 Å². The third-order valence-corrected chi connectivity index (χ3v) is 3.41. The highest BCUT2D eigenvalue weighted by atomic mass is 79.9. The Hall–Kier alpha value is -1.46. The van der Waals surface area contributed by atoms with Crippen LogP contribution < -0.4 is 11.1 Å². The average Bonchev–Trinajstić information content (AvgIpc) is 2.35. The molecule has 1 unspecified atom stereocenters. The lowest BCUT2D eigenvalue weighted by Crippen LogP contribution is -2.21. The van der Waals surface area contributed by atoms with E-state index < -0.39 is 17.7 Å². The second kappa shape index (κ2) is 6.33. The molecule has 0 bridgehead atoms. The van der Waals surface area contributed by atoms with Crippen molar-refractivity contribution in [1.82, 2.24) is 0 Å². The number of benzene rings is 2. The van der Waals surface area contributed by atoms with Crippen LogP contribution >= 0.6 is 15.9 Å². The van der Waals surface area contributed by atoms with Crippen LogP contribution in [0.2, 0.25) is 0 Å². The second-order valence-corrected chi connectivity index (χ2v) is 5.53. The van der Waals surface area contributed by atoms with Crippen molar-refractivity contribution in [1.29, 1.82) is 0 Å². The normalized spacial score (nSPS) is 12.2. The van der Waals surface area contributed by atoms with Crippen LogP contribution in [0.3, 0.4) is 0 Å². The zero-order valence-corrected chi connectivity index (χ0v) is 12.5. The molecule has 0 saturated carbocycles. The van der Waals surface area contributed by atoms with E-state index >= 15 is 0 Å². The zero-order valence-electron chi connectivity index (χ0n) is 11.0. The maximum Gasteiger partial charge on any atom is 0.131 e. The fraction of sp³-hybridized carbons (Fsp3) is 0.200. The van der Waals surface area contributed by atoms with Gasteiger partial charge in [0, 0.05) is 28.3 Å². The highest BCUT2D eigenvalue weighted by Gasteiger charge is 2.15. The summed E-state index contributed by atoms with van der Waals surface area (Å²) in [4.78, 5) is 0. The second-order valence-electron chi connectivity index (χ2n) is 4.62. The minimum atomic E-state index is -0.598. The number of aryl methyl sites for hydroxylation is 1. The average molecular weight is 341 g/mol. The molecule has 2 rings (SSSR count). The van der Waals surface area contributed by atoms with Crippen LogP contribution in [0, 0.1) is 18.6 Å². The predicted molar refractivity (Wildman–Crippen MR) is 80.7 cm³/mol. The summed E-state index contributed by atoms with van der Waals surface area (Å²) >= 11 is 3.41. The molecule has 0 radical (unpaired) electrons. The Bertz CT molecular complexity index is 597. The molecule has 0 aliphatic carbocycles. The first kappa shape index (κ1) is 14.9. The van der Waals surface area contributed by atoms with E-state index in [1.807, 2.05) is 25.1 Å². The number of hydrogen-bond acceptors (Lipinski definition) is 2. The molecule has 3 N–H and O–H groups in total. The molecule has 0 aliphatic heterocycles. The minimum Gasteiger partial charge on any atom is -0.377 e. The molecule has 0 fully saturated rings. The Morgan fingerprint density at radius 3 is 2.55 bits per heavy atom. The molecule has 1 atom stereocenters. The number of rotatable bonds is 4. The molecule has 0 saturated heterocycles. The summed E-state index contributed by atoms with van der Waals surface area (Å²) in [6.07, 6.45) is 0. The van der Waals surface area contributed by atoms with Gasteiger partial charge in [-0.15, -0.1) is 0 Å². The van der Waals surface area contributed by atoms with Crippen molar-refractivity contribution in [2.75, 3.05) is 11.9 Å². The lowest BCUT2D eigenvalue weighted by molar-refractivity contribution is 0.562. The zero-order chi connectivity index (χ0) is 14.7. The fourth-order valence-electron chi connectivity index (χ4n) is 2.07. The summed E-state index contributed by atoms with van der Waals surface area (Å²) in [5.74, 6) is -1.19. The molecular formula is C15H15BrF2N2. The van der Waals surface area contributed by atoms with Crippen LogP contribution in [0.4, 0.5) is 14.5 Å². The molecule has 5 heteroatoms. The first-order chi connectivity index (χ1) is 9.49. The smallest absolute Gasteiger partial charge is 0.131 e. The summed E-state index contributed by atoms with van der Waals surface area (Å²) in [6, 6.07) is 8.90. The minimum absolute atomic E-state index is 0.202. The molecule has 2 nitrogen and oxygen atoms in total. The highest BCUT2D eigenvalue weighted by Crippen LogP contribution is 2.25. The van der Waals surface area contributed by atoms with Crippen molar-refractivity contribution < 1.29 is 8.78 Å². The van der Waals surface area contributed by atoms with Gasteiger partial charge in [0.15, 0.2) is 0 Å². The third kappa shape index (κ3) is 3.55. The monoisotopic (exact) mass is 340 g/mol. The van der Waals surface area contributed by atoms with E-state index in [4.69, 9.17) is 5.73 Å². The van der Waals surface area contributed by atoms with Crippen molar-refractivity contribution in [2.24, 2.45) is 5.73 Å². The highest BCUT2D eigenvalue weighted by molar-refractivity contribution is 9.10. The van der Waals surface area contributed by atoms with Gasteiger partial charge in [0.2, 0.25) is 0 Å². The Kier molecular flexibility index (Phi) is 4.73. The van der Waals surface area contributed by atoms with E-state index in [1.165, 1.54) is 12.1 Å². The molecule has 2 aromatic carbocycles. The summed E-state index contributed by atoms with van der Waals surface area (Å²) in [5, 5.41) is 3.17. The molecule has 0 heterocycles. The predicted octanol–water partition coefficient (Wildman–Crippen LogP) is 4.15. The van der Waals surface area contributed by atoms with Gasteiger partial charge in [0.25, 0.3) is 0 Å². The van der Waals surface area contributed by atoms with E-state index in [-0.39, 0.29) is 6.54 Å². The quantitative estimate of drug-likeness (QED) is 0.877. The van der Waals surface area contributed by atoms with Crippen molar-refractivity contribution in [3.63, 3.8) is 0 Å². The number of nitrogens with one attached hydrogen (secondary N) is 1. The number of halogens is 3. The van der Waals surface area contributed by atoms with E-state index in [9.17, 15) is 8.78 Å². The van der Waals surface area contributed by atoms with Gasteiger partial charge in [-0.3, -0.25) is 0 Å². The summed E-state index contributed by atoms with van der Waals surface area (Å²) in [5.41, 5.74) is 7.95. The van der Waals surface area contributed by atoms with Crippen molar-refractivity contribution in [3.8, 4) is 0 Å². The summed E-state index contributed by atoms with van der Waals surface area (Å²) in [7, 11) is 0. The summed E-state index contributed by atoms with van der Waals surface area (Å²) < 4.78 is 27.7. The van der Waals surface area contributed by atoms with Gasteiger partial charge in [-0.2, -0.15) is 0 Å². The number of nitrogens with two attached hydrogens (primary N) is 1. The van der Waals surface area contributed by atoms with Crippen molar-refractivity contribution >= 4 is 21.6 Å². The number of hydrogen-bond donors (Lipinski definition) is 2. The Labute approximate surface area is 125 Å². The molecular weight excluding hydrogens is 326 g/mol. The van der Waals surface area contributed by atoms with E-state index in [0.29, 0.717) is 5.56 Å². The fourth-order valence-corrected chi connectivity index (χ4v) is 2.68. The first-order valence-corrected chi connectivity index (χ1v) is 6.97. The lowest BCUT2D eigenvalue weighted by atomic mass is 10.1. The van der Waals surface area contributed by atoms with Crippen LogP contribution in [-0.2, 0) is 0 Å². The largest absolute Gasteiger partial charge is 0.377 e. The first-order valence-electron chi connectivity index (χ1n) is 6.18. The van der Waals surface area contributed by atoms with Gasteiger partial charge >= 0.3 is 0 Å². The SMILES string of the molecule is Cc1cc(Br)cc(NC(CN)c2ccc(F)cc2F)c1. The molecule has 0 aromatic heterocycles. The van der Waals surface area contributed by atoms with Gasteiger partial charge < -0.3 is 11.1 Å². The molecule has 0 amide bonds. The van der Waals surface area contributed by atoms with Crippen LogP contribution in [0.15, 0.2) is 40.9 Å². The van der Waals surface area contributed by atoms with Crippen molar-refractivity contribution in [2.45, 2.75) is 13.0 Å². The molecule has 20 heavy (non-hydrogen) atoms. The van der Waals surface area contributed by atoms with Crippen LogP contribution in [-0.4, -0.2) is 6.54 Å². The third-order valence-electron chi connectivity index (χ3n) is 2.96. The summed E-state index contributed by atoms with van der Waals surface area (Å²) in [6.45, 7) is 2.17. The van der Waals surface area contributed by atoms with E-state index in [1.54, 1.807) is 0 Å². The topological polar surface area (TPSA) is 38.0 Å². The Balaban J connectivity index is 2.28. The van der Waals surface area contributed by atoms with E-state index in [2.05, 4.69) is 21.2 Å². The van der Waals surface area contributed by atoms with Gasteiger partial charge in [-0.1, -0.05) is 22.0 Å².